The molecule has 0 radical (unpaired) electrons. The normalized spacial score (nSPS) is 11.6. The summed E-state index contributed by atoms with van der Waals surface area (Å²) in [7, 11) is 0. The van der Waals surface area contributed by atoms with Gasteiger partial charge in [0.25, 0.3) is 0 Å². The summed E-state index contributed by atoms with van der Waals surface area (Å²) in [6.07, 6.45) is 0.769. The van der Waals surface area contributed by atoms with Crippen molar-refractivity contribution in [3.05, 3.63) is 71.3 Å². The van der Waals surface area contributed by atoms with E-state index in [9.17, 15) is 9.59 Å². The summed E-state index contributed by atoms with van der Waals surface area (Å²) in [5, 5.41) is 2.66. The average molecular weight is 341 g/mol. The first-order chi connectivity index (χ1) is 12.0. The van der Waals surface area contributed by atoms with Crippen LogP contribution in [-0.2, 0) is 17.6 Å². The first-order valence-corrected chi connectivity index (χ1v) is 8.13. The Balaban J connectivity index is 1.66. The van der Waals surface area contributed by atoms with Gasteiger partial charge in [-0.1, -0.05) is 42.5 Å². The number of carbonyl (C=O) groups excluding carboxylic acids is 2. The summed E-state index contributed by atoms with van der Waals surface area (Å²) in [5.74, 6) is -0.462. The van der Waals surface area contributed by atoms with Gasteiger partial charge in [0.1, 0.15) is 0 Å². The molecule has 1 atom stereocenters. The van der Waals surface area contributed by atoms with Crippen molar-refractivity contribution in [1.82, 2.24) is 5.32 Å². The van der Waals surface area contributed by atoms with E-state index in [2.05, 4.69) is 5.32 Å². The fourth-order valence-corrected chi connectivity index (χ4v) is 2.35. The lowest BCUT2D eigenvalue weighted by Crippen LogP contribution is -2.39. The van der Waals surface area contributed by atoms with Gasteiger partial charge < -0.3 is 21.5 Å². The molecule has 5 N–H and O–H groups in total. The van der Waals surface area contributed by atoms with Gasteiger partial charge in [0.15, 0.2) is 0 Å². The van der Waals surface area contributed by atoms with Crippen LogP contribution >= 0.6 is 0 Å². The molecular weight excluding hydrogens is 318 g/mol. The summed E-state index contributed by atoms with van der Waals surface area (Å²) in [6, 6.07) is 16.5. The van der Waals surface area contributed by atoms with Crippen LogP contribution in [0.25, 0.3) is 0 Å². The number of rotatable bonds is 8. The highest BCUT2D eigenvalue weighted by Gasteiger charge is 2.08. The summed E-state index contributed by atoms with van der Waals surface area (Å²) >= 11 is 0. The van der Waals surface area contributed by atoms with E-state index in [0.717, 1.165) is 11.1 Å². The quantitative estimate of drug-likeness (QED) is 0.678. The maximum atomic E-state index is 11.7. The van der Waals surface area contributed by atoms with Crippen molar-refractivity contribution in [3.63, 3.8) is 0 Å². The van der Waals surface area contributed by atoms with Gasteiger partial charge in [-0.05, 0) is 29.7 Å². The number of benzene rings is 2. The minimum Gasteiger partial charge on any atom is -0.449 e. The first kappa shape index (κ1) is 18.5. The third kappa shape index (κ3) is 6.64. The third-order valence-electron chi connectivity index (χ3n) is 3.71. The Labute approximate surface area is 147 Å². The molecule has 25 heavy (non-hydrogen) atoms. The zero-order chi connectivity index (χ0) is 18.1. The molecule has 0 aliphatic rings. The zero-order valence-electron chi connectivity index (χ0n) is 14.0. The van der Waals surface area contributed by atoms with Crippen molar-refractivity contribution in [3.8, 4) is 0 Å². The highest BCUT2D eigenvalue weighted by atomic mass is 16.5. The molecule has 0 saturated heterocycles. The van der Waals surface area contributed by atoms with E-state index in [4.69, 9.17) is 16.2 Å². The highest BCUT2D eigenvalue weighted by Crippen LogP contribution is 2.06. The summed E-state index contributed by atoms with van der Waals surface area (Å²) in [4.78, 5) is 22.7. The monoisotopic (exact) mass is 341 g/mol. The highest BCUT2D eigenvalue weighted by molar-refractivity contribution is 5.92. The summed E-state index contributed by atoms with van der Waals surface area (Å²) in [5.41, 5.74) is 13.8. The fraction of sp³-hybridized carbons (Fsp3) is 0.263. The molecule has 132 valence electrons. The van der Waals surface area contributed by atoms with E-state index in [0.29, 0.717) is 31.6 Å². The first-order valence-electron chi connectivity index (χ1n) is 8.13. The number of hydrogen-bond donors (Lipinski definition) is 3. The van der Waals surface area contributed by atoms with Crippen LogP contribution < -0.4 is 16.8 Å². The summed E-state index contributed by atoms with van der Waals surface area (Å²) in [6.45, 7) is 0.626. The van der Waals surface area contributed by atoms with E-state index < -0.39 is 12.0 Å². The van der Waals surface area contributed by atoms with E-state index in [1.54, 1.807) is 24.3 Å². The van der Waals surface area contributed by atoms with Crippen LogP contribution in [-0.4, -0.2) is 31.2 Å². The lowest BCUT2D eigenvalue weighted by Gasteiger charge is -2.13. The number of amides is 2. The maximum absolute atomic E-state index is 11.7. The number of nitrogens with one attached hydrogen (secondary N) is 1. The maximum Gasteiger partial charge on any atom is 0.407 e. The molecule has 2 aromatic rings. The molecule has 0 fully saturated rings. The number of hydrogen-bond acceptors (Lipinski definition) is 4. The van der Waals surface area contributed by atoms with Crippen molar-refractivity contribution < 1.29 is 14.3 Å². The van der Waals surface area contributed by atoms with Crippen LogP contribution in [0.3, 0.4) is 0 Å². The van der Waals surface area contributed by atoms with Crippen molar-refractivity contribution in [2.75, 3.05) is 13.2 Å². The Morgan fingerprint density at radius 3 is 2.32 bits per heavy atom. The Kier molecular flexibility index (Phi) is 6.98. The van der Waals surface area contributed by atoms with E-state index in [1.165, 1.54) is 0 Å². The molecular formula is C19H23N3O3. The Morgan fingerprint density at radius 2 is 1.68 bits per heavy atom. The molecule has 0 heterocycles. The summed E-state index contributed by atoms with van der Waals surface area (Å²) < 4.78 is 5.13. The smallest absolute Gasteiger partial charge is 0.407 e. The number of carbonyl (C=O) groups is 2. The minimum absolute atomic E-state index is 0.249. The van der Waals surface area contributed by atoms with Gasteiger partial charge in [0.05, 0.1) is 6.61 Å². The molecule has 0 spiro atoms. The van der Waals surface area contributed by atoms with Crippen molar-refractivity contribution >= 4 is 12.0 Å². The molecule has 6 nitrogen and oxygen atoms in total. The molecule has 2 aromatic carbocycles. The van der Waals surface area contributed by atoms with Crippen molar-refractivity contribution in [2.45, 2.75) is 18.9 Å². The van der Waals surface area contributed by atoms with Gasteiger partial charge in [0, 0.05) is 24.6 Å². The molecule has 0 aliphatic carbocycles. The molecule has 0 unspecified atom stereocenters. The molecule has 2 rings (SSSR count). The fourth-order valence-electron chi connectivity index (χ4n) is 2.35. The van der Waals surface area contributed by atoms with E-state index in [-0.39, 0.29) is 6.04 Å². The SMILES string of the molecule is NC(=O)c1ccc(C[C@H](N)CNC(=O)OCCc2ccccc2)cc1. The van der Waals surface area contributed by atoms with Crippen LogP contribution in [0.2, 0.25) is 0 Å². The van der Waals surface area contributed by atoms with Gasteiger partial charge in [-0.2, -0.15) is 0 Å². The van der Waals surface area contributed by atoms with Gasteiger partial charge in [0.2, 0.25) is 5.91 Å². The second kappa shape index (κ2) is 9.44. The molecule has 0 saturated carbocycles. The minimum atomic E-state index is -0.476. The van der Waals surface area contributed by atoms with Gasteiger partial charge in [-0.3, -0.25) is 4.79 Å². The van der Waals surface area contributed by atoms with Crippen LogP contribution in [0.1, 0.15) is 21.5 Å². The second-order valence-corrected chi connectivity index (χ2v) is 5.78. The Bertz CT molecular complexity index is 687. The van der Waals surface area contributed by atoms with Gasteiger partial charge in [-0.15, -0.1) is 0 Å². The van der Waals surface area contributed by atoms with Crippen LogP contribution in [0.5, 0.6) is 0 Å². The second-order valence-electron chi connectivity index (χ2n) is 5.78. The Morgan fingerprint density at radius 1 is 1.00 bits per heavy atom. The van der Waals surface area contributed by atoms with Crippen molar-refractivity contribution in [2.24, 2.45) is 11.5 Å². The molecule has 0 aliphatic heterocycles. The number of nitrogens with two attached hydrogens (primary N) is 2. The largest absolute Gasteiger partial charge is 0.449 e. The predicted molar refractivity (Wildman–Crippen MR) is 96.1 cm³/mol. The molecule has 0 bridgehead atoms. The molecule has 0 aromatic heterocycles. The topological polar surface area (TPSA) is 107 Å². The van der Waals surface area contributed by atoms with E-state index in [1.807, 2.05) is 30.3 Å². The van der Waals surface area contributed by atoms with Crippen LogP contribution in [0.4, 0.5) is 4.79 Å². The van der Waals surface area contributed by atoms with E-state index >= 15 is 0 Å². The van der Waals surface area contributed by atoms with Gasteiger partial charge in [-0.25, -0.2) is 4.79 Å². The lowest BCUT2D eigenvalue weighted by atomic mass is 10.0. The molecule has 6 heteroatoms. The number of primary amides is 1. The van der Waals surface area contributed by atoms with Gasteiger partial charge >= 0.3 is 6.09 Å². The predicted octanol–water partition coefficient (Wildman–Crippen LogP) is 1.62. The average Bonchev–Trinajstić information content (AvgIpc) is 2.61. The molecule has 2 amide bonds. The van der Waals surface area contributed by atoms with Crippen molar-refractivity contribution in [1.29, 1.82) is 0 Å². The zero-order valence-corrected chi connectivity index (χ0v) is 14.0. The number of alkyl carbamates (subject to hydrolysis) is 1. The van der Waals surface area contributed by atoms with Crippen LogP contribution in [0.15, 0.2) is 54.6 Å². The third-order valence-corrected chi connectivity index (χ3v) is 3.71. The Hall–Kier alpha value is -2.86. The van der Waals surface area contributed by atoms with Crippen LogP contribution in [0, 0.1) is 0 Å². The standard InChI is InChI=1S/C19H23N3O3/c20-17(12-15-6-8-16(9-7-15)18(21)23)13-22-19(24)25-11-10-14-4-2-1-3-5-14/h1-9,17H,10-13,20H2,(H2,21,23)(H,22,24)/t17-/m0/s1. The lowest BCUT2D eigenvalue weighted by molar-refractivity contribution is 0.1000. The number of ether oxygens (including phenoxy) is 1.